The van der Waals surface area contributed by atoms with Gasteiger partial charge >= 0.3 is 0 Å². The SMILES string of the molecule is COc1cc2c(cc1OC)[C@@H]1C[C@H](N)[C@@H](N3C=CC(C)C3)CN1CC2. The van der Waals surface area contributed by atoms with Crippen LogP contribution in [0.1, 0.15) is 30.5 Å². The summed E-state index contributed by atoms with van der Waals surface area (Å²) in [4.78, 5) is 5.06. The molecule has 3 aliphatic heterocycles. The summed E-state index contributed by atoms with van der Waals surface area (Å²) in [5.74, 6) is 2.27. The lowest BCUT2D eigenvalue weighted by atomic mass is 9.83. The number of benzene rings is 1. The van der Waals surface area contributed by atoms with Crippen LogP contribution in [-0.2, 0) is 6.42 Å². The Morgan fingerprint density at radius 3 is 2.56 bits per heavy atom. The van der Waals surface area contributed by atoms with E-state index in [0.29, 0.717) is 18.0 Å². The van der Waals surface area contributed by atoms with Gasteiger partial charge in [0.15, 0.2) is 11.5 Å². The van der Waals surface area contributed by atoms with Gasteiger partial charge in [-0.15, -0.1) is 0 Å². The molecule has 1 fully saturated rings. The molecule has 0 amide bonds. The fourth-order valence-corrected chi connectivity index (χ4v) is 4.67. The predicted octanol–water partition coefficient (Wildman–Crippen LogP) is 2.17. The fraction of sp³-hybridized carbons (Fsp3) is 0.600. The smallest absolute Gasteiger partial charge is 0.161 e. The summed E-state index contributed by atoms with van der Waals surface area (Å²) in [7, 11) is 3.40. The van der Waals surface area contributed by atoms with E-state index >= 15 is 0 Å². The molecule has 1 unspecified atom stereocenters. The second-order valence-corrected chi connectivity index (χ2v) is 7.65. The van der Waals surface area contributed by atoms with Crippen LogP contribution in [0, 0.1) is 5.92 Å². The minimum Gasteiger partial charge on any atom is -0.493 e. The lowest BCUT2D eigenvalue weighted by Crippen LogP contribution is -2.58. The van der Waals surface area contributed by atoms with Gasteiger partial charge < -0.3 is 20.1 Å². The number of hydrogen-bond donors (Lipinski definition) is 1. The first-order chi connectivity index (χ1) is 12.1. The predicted molar refractivity (Wildman–Crippen MR) is 99.0 cm³/mol. The normalized spacial score (nSPS) is 31.6. The van der Waals surface area contributed by atoms with E-state index in [0.717, 1.165) is 44.0 Å². The third-order valence-corrected chi connectivity index (χ3v) is 6.06. The molecular formula is C20H29N3O2. The highest BCUT2D eigenvalue weighted by molar-refractivity contribution is 5.49. The van der Waals surface area contributed by atoms with Crippen molar-refractivity contribution in [3.8, 4) is 11.5 Å². The average molecular weight is 343 g/mol. The summed E-state index contributed by atoms with van der Waals surface area (Å²) in [6, 6.07) is 5.30. The number of nitrogens with zero attached hydrogens (tertiary/aromatic N) is 2. The standard InChI is InChI=1S/C20H29N3O2/c1-13-4-6-22(11-13)18-12-23-7-5-14-8-19(24-2)20(25-3)9-15(14)17(23)10-16(18)21/h4,6,8-9,13,16-18H,5,7,10-12,21H2,1-3H3/t13?,16-,17-,18-/m0/s1. The van der Waals surface area contributed by atoms with Gasteiger partial charge in [-0.2, -0.15) is 0 Å². The van der Waals surface area contributed by atoms with Gasteiger partial charge in [-0.05, 0) is 48.2 Å². The molecule has 136 valence electrons. The minimum atomic E-state index is 0.190. The van der Waals surface area contributed by atoms with Crippen molar-refractivity contribution < 1.29 is 9.47 Å². The van der Waals surface area contributed by atoms with Crippen LogP contribution in [0.2, 0.25) is 0 Å². The molecule has 0 aromatic heterocycles. The number of rotatable bonds is 3. The van der Waals surface area contributed by atoms with Crippen LogP contribution in [-0.4, -0.2) is 55.7 Å². The van der Waals surface area contributed by atoms with Crippen LogP contribution in [0.15, 0.2) is 24.4 Å². The Morgan fingerprint density at radius 2 is 1.88 bits per heavy atom. The lowest BCUT2D eigenvalue weighted by molar-refractivity contribution is 0.0599. The summed E-state index contributed by atoms with van der Waals surface area (Å²) in [5, 5.41) is 0. The third kappa shape index (κ3) is 2.89. The zero-order chi connectivity index (χ0) is 17.6. The summed E-state index contributed by atoms with van der Waals surface area (Å²) in [5.41, 5.74) is 9.38. The molecule has 0 radical (unpaired) electrons. The van der Waals surface area contributed by atoms with Crippen LogP contribution < -0.4 is 15.2 Å². The van der Waals surface area contributed by atoms with Gasteiger partial charge in [0.2, 0.25) is 0 Å². The van der Waals surface area contributed by atoms with Crippen molar-refractivity contribution in [2.75, 3.05) is 33.9 Å². The highest BCUT2D eigenvalue weighted by Crippen LogP contribution is 2.42. The van der Waals surface area contributed by atoms with E-state index < -0.39 is 0 Å². The largest absolute Gasteiger partial charge is 0.493 e. The quantitative estimate of drug-likeness (QED) is 0.911. The van der Waals surface area contributed by atoms with Crippen LogP contribution >= 0.6 is 0 Å². The Hall–Kier alpha value is -1.72. The fourth-order valence-electron chi connectivity index (χ4n) is 4.67. The first-order valence-electron chi connectivity index (χ1n) is 9.29. The molecule has 3 aliphatic rings. The van der Waals surface area contributed by atoms with E-state index in [1.165, 1.54) is 11.1 Å². The summed E-state index contributed by atoms with van der Waals surface area (Å²) >= 11 is 0. The van der Waals surface area contributed by atoms with Crippen molar-refractivity contribution in [2.24, 2.45) is 11.7 Å². The van der Waals surface area contributed by atoms with E-state index in [2.05, 4.69) is 41.1 Å². The Balaban J connectivity index is 1.59. The van der Waals surface area contributed by atoms with Gasteiger partial charge in [-0.25, -0.2) is 0 Å². The molecule has 0 aliphatic carbocycles. The molecule has 0 saturated carbocycles. The molecule has 2 N–H and O–H groups in total. The molecule has 0 bridgehead atoms. The Labute approximate surface area is 150 Å². The number of ether oxygens (including phenoxy) is 2. The highest BCUT2D eigenvalue weighted by atomic mass is 16.5. The van der Waals surface area contributed by atoms with Crippen molar-refractivity contribution in [3.63, 3.8) is 0 Å². The lowest BCUT2D eigenvalue weighted by Gasteiger charge is -2.48. The Kier molecular flexibility index (Phi) is 4.38. The first-order valence-corrected chi connectivity index (χ1v) is 9.29. The number of piperidine rings is 1. The van der Waals surface area contributed by atoms with Crippen LogP contribution in [0.25, 0.3) is 0 Å². The van der Waals surface area contributed by atoms with Crippen molar-refractivity contribution in [1.29, 1.82) is 0 Å². The maximum Gasteiger partial charge on any atom is 0.161 e. The summed E-state index contributed by atoms with van der Waals surface area (Å²) < 4.78 is 11.0. The van der Waals surface area contributed by atoms with Gasteiger partial charge in [0, 0.05) is 31.7 Å². The van der Waals surface area contributed by atoms with Gasteiger partial charge in [-0.3, -0.25) is 4.90 Å². The molecule has 5 nitrogen and oxygen atoms in total. The maximum atomic E-state index is 6.64. The topological polar surface area (TPSA) is 51.0 Å². The van der Waals surface area contributed by atoms with Crippen LogP contribution in [0.4, 0.5) is 0 Å². The molecule has 1 aromatic carbocycles. The van der Waals surface area contributed by atoms with Crippen molar-refractivity contribution >= 4 is 0 Å². The highest BCUT2D eigenvalue weighted by Gasteiger charge is 2.40. The molecule has 1 aromatic rings. The molecule has 3 heterocycles. The molecule has 4 atom stereocenters. The van der Waals surface area contributed by atoms with E-state index in [9.17, 15) is 0 Å². The molecule has 0 spiro atoms. The summed E-state index contributed by atoms with van der Waals surface area (Å²) in [6.07, 6.45) is 6.59. The van der Waals surface area contributed by atoms with Crippen molar-refractivity contribution in [3.05, 3.63) is 35.5 Å². The Bertz CT molecular complexity index is 675. The van der Waals surface area contributed by atoms with E-state index in [4.69, 9.17) is 15.2 Å². The van der Waals surface area contributed by atoms with Crippen molar-refractivity contribution in [2.45, 2.75) is 37.9 Å². The zero-order valence-electron chi connectivity index (χ0n) is 15.4. The van der Waals surface area contributed by atoms with Gasteiger partial charge in [-0.1, -0.05) is 13.0 Å². The number of nitrogens with two attached hydrogens (primary N) is 1. The average Bonchev–Trinajstić information content (AvgIpc) is 3.06. The minimum absolute atomic E-state index is 0.190. The summed E-state index contributed by atoms with van der Waals surface area (Å²) in [6.45, 7) is 5.49. The van der Waals surface area contributed by atoms with E-state index in [1.54, 1.807) is 14.2 Å². The van der Waals surface area contributed by atoms with Gasteiger partial charge in [0.05, 0.1) is 20.3 Å². The van der Waals surface area contributed by atoms with E-state index in [1.807, 2.05) is 0 Å². The van der Waals surface area contributed by atoms with E-state index in [-0.39, 0.29) is 6.04 Å². The van der Waals surface area contributed by atoms with Crippen molar-refractivity contribution in [1.82, 2.24) is 9.80 Å². The maximum absolute atomic E-state index is 6.64. The van der Waals surface area contributed by atoms with Gasteiger partial charge in [0.1, 0.15) is 0 Å². The second-order valence-electron chi connectivity index (χ2n) is 7.65. The third-order valence-electron chi connectivity index (χ3n) is 6.06. The van der Waals surface area contributed by atoms with Crippen LogP contribution in [0.5, 0.6) is 11.5 Å². The molecule has 1 saturated heterocycles. The number of hydrogen-bond acceptors (Lipinski definition) is 5. The first kappa shape index (κ1) is 16.7. The molecule has 5 heteroatoms. The molecule has 4 rings (SSSR count). The van der Waals surface area contributed by atoms with Crippen LogP contribution in [0.3, 0.4) is 0 Å². The molecular weight excluding hydrogens is 314 g/mol. The van der Waals surface area contributed by atoms with Gasteiger partial charge in [0.25, 0.3) is 0 Å². The monoisotopic (exact) mass is 343 g/mol. The zero-order valence-corrected chi connectivity index (χ0v) is 15.4. The second kappa shape index (κ2) is 6.54. The molecule has 25 heavy (non-hydrogen) atoms. The number of fused-ring (bicyclic) bond motifs is 3. The Morgan fingerprint density at radius 1 is 1.12 bits per heavy atom. The number of methoxy groups -OCH3 is 2.